The van der Waals surface area contributed by atoms with Crippen LogP contribution in [0.25, 0.3) is 0 Å². The lowest BCUT2D eigenvalue weighted by Crippen LogP contribution is -2.47. The minimum Gasteiger partial charge on any atom is -0.465 e. The van der Waals surface area contributed by atoms with Gasteiger partial charge in [-0.05, 0) is 44.4 Å². The zero-order valence-corrected chi connectivity index (χ0v) is 12.9. The second-order valence-electron chi connectivity index (χ2n) is 6.30. The minimum atomic E-state index is -0.151. The van der Waals surface area contributed by atoms with Crippen molar-refractivity contribution in [3.05, 3.63) is 0 Å². The summed E-state index contributed by atoms with van der Waals surface area (Å²) >= 11 is 0. The van der Waals surface area contributed by atoms with Crippen LogP contribution in [-0.2, 0) is 14.3 Å². The fourth-order valence-corrected chi connectivity index (χ4v) is 3.52. The summed E-state index contributed by atoms with van der Waals surface area (Å²) < 4.78 is 10.9. The average Bonchev–Trinajstić information content (AvgIpc) is 2.92. The van der Waals surface area contributed by atoms with Gasteiger partial charge >= 0.3 is 5.97 Å². The molecule has 0 aromatic carbocycles. The normalized spacial score (nSPS) is 32.0. The molecule has 2 fully saturated rings. The highest BCUT2D eigenvalue weighted by atomic mass is 16.5. The molecule has 0 radical (unpaired) electrons. The lowest BCUT2D eigenvalue weighted by atomic mass is 9.78. The van der Waals surface area contributed by atoms with Gasteiger partial charge in [-0.15, -0.1) is 0 Å². The maximum Gasteiger partial charge on any atom is 0.323 e. The molecule has 0 aromatic heterocycles. The summed E-state index contributed by atoms with van der Waals surface area (Å²) in [7, 11) is 0. The maximum absolute atomic E-state index is 12.2. The summed E-state index contributed by atoms with van der Waals surface area (Å²) in [5.41, 5.74) is 0. The molecule has 1 N–H and O–H groups in total. The van der Waals surface area contributed by atoms with E-state index in [-0.39, 0.29) is 18.1 Å². The number of ether oxygens (including phenoxy) is 2. The Morgan fingerprint density at radius 2 is 2.20 bits per heavy atom. The molecule has 0 amide bonds. The molecule has 116 valence electrons. The molecule has 0 bridgehead atoms. The van der Waals surface area contributed by atoms with Crippen LogP contribution < -0.4 is 5.32 Å². The average molecular weight is 283 g/mol. The van der Waals surface area contributed by atoms with E-state index in [2.05, 4.69) is 12.2 Å². The summed E-state index contributed by atoms with van der Waals surface area (Å²) in [6.45, 7) is 6.25. The van der Waals surface area contributed by atoms with Gasteiger partial charge in [0.1, 0.15) is 6.04 Å². The van der Waals surface area contributed by atoms with Gasteiger partial charge in [0.25, 0.3) is 0 Å². The molecule has 1 saturated carbocycles. The molecule has 0 aromatic rings. The van der Waals surface area contributed by atoms with Gasteiger partial charge in [-0.25, -0.2) is 0 Å². The minimum absolute atomic E-state index is 0.0791. The Bertz CT molecular complexity index is 302. The first-order valence-corrected chi connectivity index (χ1v) is 8.22. The van der Waals surface area contributed by atoms with Crippen LogP contribution in [-0.4, -0.2) is 37.9 Å². The molecule has 2 rings (SSSR count). The summed E-state index contributed by atoms with van der Waals surface area (Å²) in [6, 6.07) is -0.151. The van der Waals surface area contributed by atoms with Gasteiger partial charge < -0.3 is 14.8 Å². The Kier molecular flexibility index (Phi) is 6.30. The smallest absolute Gasteiger partial charge is 0.323 e. The van der Waals surface area contributed by atoms with Crippen molar-refractivity contribution in [1.82, 2.24) is 5.32 Å². The number of nitrogens with one attached hydrogen (secondary N) is 1. The molecular formula is C16H29NO3. The van der Waals surface area contributed by atoms with E-state index in [1.807, 2.05) is 6.92 Å². The Morgan fingerprint density at radius 3 is 2.85 bits per heavy atom. The van der Waals surface area contributed by atoms with Crippen molar-refractivity contribution in [3.63, 3.8) is 0 Å². The summed E-state index contributed by atoms with van der Waals surface area (Å²) in [6.07, 6.45) is 7.28. The highest BCUT2D eigenvalue weighted by Crippen LogP contribution is 2.31. The lowest BCUT2D eigenvalue weighted by Gasteiger charge is -2.33. The van der Waals surface area contributed by atoms with Gasteiger partial charge in [0.15, 0.2) is 0 Å². The Labute approximate surface area is 122 Å². The SMILES string of the molecule is CCOC(=O)C(NCC1CCCO1)C1CCCC(C)C1. The Hall–Kier alpha value is -0.610. The zero-order chi connectivity index (χ0) is 14.4. The molecule has 4 heteroatoms. The second-order valence-corrected chi connectivity index (χ2v) is 6.30. The summed E-state index contributed by atoms with van der Waals surface area (Å²) in [5, 5.41) is 3.44. The van der Waals surface area contributed by atoms with E-state index in [1.54, 1.807) is 0 Å². The maximum atomic E-state index is 12.2. The first-order chi connectivity index (χ1) is 9.70. The van der Waals surface area contributed by atoms with Gasteiger partial charge in [-0.2, -0.15) is 0 Å². The summed E-state index contributed by atoms with van der Waals surface area (Å²) in [4.78, 5) is 12.2. The first kappa shape index (κ1) is 15.8. The van der Waals surface area contributed by atoms with Crippen LogP contribution in [0.15, 0.2) is 0 Å². The number of hydrogen-bond donors (Lipinski definition) is 1. The number of hydrogen-bond acceptors (Lipinski definition) is 4. The molecule has 1 saturated heterocycles. The fraction of sp³-hybridized carbons (Fsp3) is 0.938. The van der Waals surface area contributed by atoms with E-state index in [4.69, 9.17) is 9.47 Å². The summed E-state index contributed by atoms with van der Waals surface area (Å²) in [5.74, 6) is 1.05. The third kappa shape index (κ3) is 4.45. The molecule has 4 atom stereocenters. The van der Waals surface area contributed by atoms with Crippen molar-refractivity contribution in [2.24, 2.45) is 11.8 Å². The standard InChI is InChI=1S/C16H29NO3/c1-3-19-16(18)15(13-7-4-6-12(2)10-13)17-11-14-8-5-9-20-14/h12-15,17H,3-11H2,1-2H3. The zero-order valence-electron chi connectivity index (χ0n) is 12.9. The van der Waals surface area contributed by atoms with E-state index >= 15 is 0 Å². The predicted molar refractivity (Wildman–Crippen MR) is 78.5 cm³/mol. The molecule has 1 aliphatic carbocycles. The third-order valence-corrected chi connectivity index (χ3v) is 4.58. The van der Waals surface area contributed by atoms with Crippen LogP contribution in [0.3, 0.4) is 0 Å². The lowest BCUT2D eigenvalue weighted by molar-refractivity contribution is -0.147. The molecule has 0 spiro atoms. The number of rotatable bonds is 6. The number of esters is 1. The quantitative estimate of drug-likeness (QED) is 0.761. The van der Waals surface area contributed by atoms with Crippen molar-refractivity contribution in [2.75, 3.05) is 19.8 Å². The van der Waals surface area contributed by atoms with Crippen molar-refractivity contribution >= 4 is 5.97 Å². The van der Waals surface area contributed by atoms with E-state index < -0.39 is 0 Å². The van der Waals surface area contributed by atoms with Gasteiger partial charge in [0, 0.05) is 13.2 Å². The molecule has 1 heterocycles. The highest BCUT2D eigenvalue weighted by Gasteiger charge is 2.33. The van der Waals surface area contributed by atoms with Crippen LogP contribution >= 0.6 is 0 Å². The van der Waals surface area contributed by atoms with Crippen molar-refractivity contribution in [3.8, 4) is 0 Å². The van der Waals surface area contributed by atoms with E-state index in [0.717, 1.165) is 44.8 Å². The van der Waals surface area contributed by atoms with Crippen LogP contribution in [0.4, 0.5) is 0 Å². The van der Waals surface area contributed by atoms with E-state index in [1.165, 1.54) is 12.8 Å². The van der Waals surface area contributed by atoms with Crippen molar-refractivity contribution in [2.45, 2.75) is 64.5 Å². The fourth-order valence-electron chi connectivity index (χ4n) is 3.52. The molecule has 4 nitrogen and oxygen atoms in total. The monoisotopic (exact) mass is 283 g/mol. The predicted octanol–water partition coefficient (Wildman–Crippen LogP) is 2.51. The topological polar surface area (TPSA) is 47.6 Å². The van der Waals surface area contributed by atoms with Gasteiger partial charge in [-0.1, -0.05) is 19.8 Å². The largest absolute Gasteiger partial charge is 0.465 e. The van der Waals surface area contributed by atoms with Crippen LogP contribution in [0.5, 0.6) is 0 Å². The van der Waals surface area contributed by atoms with E-state index in [0.29, 0.717) is 12.5 Å². The van der Waals surface area contributed by atoms with Crippen molar-refractivity contribution < 1.29 is 14.3 Å². The van der Waals surface area contributed by atoms with Crippen LogP contribution in [0.2, 0.25) is 0 Å². The number of carbonyl (C=O) groups is 1. The van der Waals surface area contributed by atoms with Gasteiger partial charge in [0.05, 0.1) is 12.7 Å². The van der Waals surface area contributed by atoms with Gasteiger partial charge in [0.2, 0.25) is 0 Å². The molecule has 2 aliphatic rings. The second kappa shape index (κ2) is 7.99. The van der Waals surface area contributed by atoms with Gasteiger partial charge in [-0.3, -0.25) is 4.79 Å². The van der Waals surface area contributed by atoms with E-state index in [9.17, 15) is 4.79 Å². The van der Waals surface area contributed by atoms with Crippen LogP contribution in [0.1, 0.15) is 52.4 Å². The van der Waals surface area contributed by atoms with Crippen molar-refractivity contribution in [1.29, 1.82) is 0 Å². The molecular weight excluding hydrogens is 254 g/mol. The highest BCUT2D eigenvalue weighted by molar-refractivity contribution is 5.76. The Morgan fingerprint density at radius 1 is 1.35 bits per heavy atom. The molecule has 20 heavy (non-hydrogen) atoms. The Balaban J connectivity index is 1.90. The third-order valence-electron chi connectivity index (χ3n) is 4.58. The molecule has 1 aliphatic heterocycles. The first-order valence-electron chi connectivity index (χ1n) is 8.22. The number of carbonyl (C=O) groups excluding carboxylic acids is 1. The van der Waals surface area contributed by atoms with Crippen LogP contribution in [0, 0.1) is 11.8 Å². The molecule has 4 unspecified atom stereocenters.